The van der Waals surface area contributed by atoms with Crippen molar-refractivity contribution in [2.75, 3.05) is 12.9 Å². The van der Waals surface area contributed by atoms with E-state index in [1.165, 1.54) is 23.8 Å². The zero-order valence-corrected chi connectivity index (χ0v) is 13.7. The van der Waals surface area contributed by atoms with Crippen molar-refractivity contribution in [2.45, 2.75) is 30.7 Å². The SMILES string of the molecule is CSc1ccc(/C=C/C(=O)OCC(=O)N[C@@H](C)C2CC2)cc1. The lowest BCUT2D eigenvalue weighted by molar-refractivity contribution is -0.144. The second-order valence-electron chi connectivity index (χ2n) is 5.41. The Morgan fingerprint density at radius 1 is 1.36 bits per heavy atom. The van der Waals surface area contributed by atoms with Gasteiger partial charge < -0.3 is 10.1 Å². The summed E-state index contributed by atoms with van der Waals surface area (Å²) in [4.78, 5) is 24.4. The van der Waals surface area contributed by atoms with Crippen molar-refractivity contribution in [3.8, 4) is 0 Å². The average molecular weight is 319 g/mol. The predicted molar refractivity (Wildman–Crippen MR) is 88.5 cm³/mol. The van der Waals surface area contributed by atoms with Gasteiger partial charge in [-0.15, -0.1) is 11.8 Å². The Balaban J connectivity index is 1.71. The fraction of sp³-hybridized carbons (Fsp3) is 0.412. The first-order valence-electron chi connectivity index (χ1n) is 7.36. The molecule has 0 unspecified atom stereocenters. The molecule has 0 heterocycles. The van der Waals surface area contributed by atoms with Gasteiger partial charge in [-0.3, -0.25) is 4.79 Å². The Morgan fingerprint density at radius 2 is 2.05 bits per heavy atom. The van der Waals surface area contributed by atoms with E-state index < -0.39 is 5.97 Å². The number of thioether (sulfide) groups is 1. The fourth-order valence-electron chi connectivity index (χ4n) is 2.07. The number of hydrogen-bond acceptors (Lipinski definition) is 4. The molecule has 1 atom stereocenters. The summed E-state index contributed by atoms with van der Waals surface area (Å²) in [7, 11) is 0. The van der Waals surface area contributed by atoms with Crippen LogP contribution in [0.4, 0.5) is 0 Å². The number of benzene rings is 1. The van der Waals surface area contributed by atoms with Gasteiger partial charge in [0.15, 0.2) is 6.61 Å². The molecule has 1 aromatic carbocycles. The summed E-state index contributed by atoms with van der Waals surface area (Å²) in [5.74, 6) is -0.169. The van der Waals surface area contributed by atoms with Crippen molar-refractivity contribution in [2.24, 2.45) is 5.92 Å². The topological polar surface area (TPSA) is 55.4 Å². The van der Waals surface area contributed by atoms with Crippen molar-refractivity contribution in [1.82, 2.24) is 5.32 Å². The fourth-order valence-corrected chi connectivity index (χ4v) is 2.48. The first-order chi connectivity index (χ1) is 10.6. The van der Waals surface area contributed by atoms with Gasteiger partial charge in [0, 0.05) is 17.0 Å². The van der Waals surface area contributed by atoms with Crippen LogP contribution in [-0.4, -0.2) is 30.8 Å². The molecule has 1 aliphatic carbocycles. The third-order valence-corrected chi connectivity index (χ3v) is 4.33. The third-order valence-electron chi connectivity index (χ3n) is 3.59. The van der Waals surface area contributed by atoms with E-state index in [-0.39, 0.29) is 18.6 Å². The summed E-state index contributed by atoms with van der Waals surface area (Å²) in [5.41, 5.74) is 0.918. The smallest absolute Gasteiger partial charge is 0.331 e. The maximum absolute atomic E-state index is 11.6. The summed E-state index contributed by atoms with van der Waals surface area (Å²) < 4.78 is 4.93. The quantitative estimate of drug-likeness (QED) is 0.477. The molecule has 118 valence electrons. The summed E-state index contributed by atoms with van der Waals surface area (Å²) in [6, 6.07) is 8.00. The van der Waals surface area contributed by atoms with Gasteiger partial charge in [0.1, 0.15) is 0 Å². The molecule has 0 radical (unpaired) electrons. The molecule has 1 saturated carbocycles. The van der Waals surface area contributed by atoms with Gasteiger partial charge in [-0.25, -0.2) is 4.79 Å². The van der Waals surface area contributed by atoms with Crippen LogP contribution < -0.4 is 5.32 Å². The molecule has 0 bridgehead atoms. The molecule has 2 rings (SSSR count). The predicted octanol–water partition coefficient (Wildman–Crippen LogP) is 2.88. The first-order valence-corrected chi connectivity index (χ1v) is 8.59. The van der Waals surface area contributed by atoms with Gasteiger partial charge in [0.25, 0.3) is 5.91 Å². The molecule has 1 aliphatic rings. The summed E-state index contributed by atoms with van der Waals surface area (Å²) in [6.45, 7) is 1.75. The molecule has 22 heavy (non-hydrogen) atoms. The number of carbonyl (C=O) groups excluding carboxylic acids is 2. The molecule has 5 heteroatoms. The van der Waals surface area contributed by atoms with Crippen LogP contribution in [0.1, 0.15) is 25.3 Å². The highest BCUT2D eigenvalue weighted by Crippen LogP contribution is 2.32. The molecule has 4 nitrogen and oxygen atoms in total. The van der Waals surface area contributed by atoms with Crippen LogP contribution >= 0.6 is 11.8 Å². The Kier molecular flexibility index (Phi) is 6.07. The largest absolute Gasteiger partial charge is 0.452 e. The maximum atomic E-state index is 11.6. The zero-order valence-electron chi connectivity index (χ0n) is 12.9. The van der Waals surface area contributed by atoms with Crippen LogP contribution in [0.15, 0.2) is 35.2 Å². The molecule has 1 amide bonds. The molecule has 0 saturated heterocycles. The van der Waals surface area contributed by atoms with E-state index in [0.29, 0.717) is 5.92 Å². The minimum atomic E-state index is -0.511. The molecular formula is C17H21NO3S. The lowest BCUT2D eigenvalue weighted by Crippen LogP contribution is -2.36. The Bertz CT molecular complexity index is 550. The third kappa shape index (κ3) is 5.56. The van der Waals surface area contributed by atoms with Crippen molar-refractivity contribution in [1.29, 1.82) is 0 Å². The van der Waals surface area contributed by atoms with Crippen LogP contribution in [0.25, 0.3) is 6.08 Å². The first kappa shape index (κ1) is 16.6. The molecular weight excluding hydrogens is 298 g/mol. The number of esters is 1. The van der Waals surface area contributed by atoms with Gasteiger partial charge in [-0.2, -0.15) is 0 Å². The van der Waals surface area contributed by atoms with Crippen molar-refractivity contribution >= 4 is 29.7 Å². The van der Waals surface area contributed by atoms with E-state index in [1.807, 2.05) is 37.4 Å². The minimum Gasteiger partial charge on any atom is -0.452 e. The Morgan fingerprint density at radius 3 is 2.64 bits per heavy atom. The highest BCUT2D eigenvalue weighted by Gasteiger charge is 2.28. The normalized spacial score (nSPS) is 15.5. The van der Waals surface area contributed by atoms with Crippen LogP contribution in [0.5, 0.6) is 0 Å². The molecule has 1 N–H and O–H groups in total. The van der Waals surface area contributed by atoms with Crippen LogP contribution in [0.3, 0.4) is 0 Å². The monoisotopic (exact) mass is 319 g/mol. The molecule has 0 spiro atoms. The summed E-state index contributed by atoms with van der Waals surface area (Å²) in [5, 5.41) is 2.84. The van der Waals surface area contributed by atoms with E-state index in [9.17, 15) is 9.59 Å². The van der Waals surface area contributed by atoms with E-state index in [4.69, 9.17) is 4.74 Å². The van der Waals surface area contributed by atoms with E-state index in [1.54, 1.807) is 17.8 Å². The lowest BCUT2D eigenvalue weighted by atomic mass is 10.2. The molecule has 0 aromatic heterocycles. The van der Waals surface area contributed by atoms with Crippen molar-refractivity contribution in [3.63, 3.8) is 0 Å². The summed E-state index contributed by atoms with van der Waals surface area (Å²) in [6.07, 6.45) is 7.36. The average Bonchev–Trinajstić information content (AvgIpc) is 3.36. The van der Waals surface area contributed by atoms with E-state index >= 15 is 0 Å². The van der Waals surface area contributed by atoms with Crippen molar-refractivity contribution in [3.05, 3.63) is 35.9 Å². The highest BCUT2D eigenvalue weighted by molar-refractivity contribution is 7.98. The van der Waals surface area contributed by atoms with Crippen molar-refractivity contribution < 1.29 is 14.3 Å². The lowest BCUT2D eigenvalue weighted by Gasteiger charge is -2.12. The molecule has 1 aromatic rings. The second kappa shape index (κ2) is 8.03. The van der Waals surface area contributed by atoms with Crippen LogP contribution in [0, 0.1) is 5.92 Å². The number of rotatable bonds is 7. The van der Waals surface area contributed by atoms with E-state index in [0.717, 1.165) is 5.56 Å². The number of carbonyl (C=O) groups is 2. The summed E-state index contributed by atoms with van der Waals surface area (Å²) >= 11 is 1.66. The maximum Gasteiger partial charge on any atom is 0.331 e. The molecule has 1 fully saturated rings. The zero-order chi connectivity index (χ0) is 15.9. The standard InChI is InChI=1S/C17H21NO3S/c1-12(14-6-7-14)18-16(19)11-21-17(20)10-5-13-3-8-15(22-2)9-4-13/h3-5,8-10,12,14H,6-7,11H2,1-2H3,(H,18,19)/b10-5+/t12-/m0/s1. The Hall–Kier alpha value is -1.75. The van der Waals surface area contributed by atoms with Gasteiger partial charge in [-0.05, 0) is 55.7 Å². The molecule has 0 aliphatic heterocycles. The second-order valence-corrected chi connectivity index (χ2v) is 6.29. The van der Waals surface area contributed by atoms with E-state index in [2.05, 4.69) is 5.32 Å². The minimum absolute atomic E-state index is 0.164. The van der Waals surface area contributed by atoms with Crippen LogP contribution in [0.2, 0.25) is 0 Å². The van der Waals surface area contributed by atoms with Gasteiger partial charge in [0.2, 0.25) is 0 Å². The highest BCUT2D eigenvalue weighted by atomic mass is 32.2. The van der Waals surface area contributed by atoms with Gasteiger partial charge >= 0.3 is 5.97 Å². The van der Waals surface area contributed by atoms with Gasteiger partial charge in [0.05, 0.1) is 0 Å². The number of nitrogens with one attached hydrogen (secondary N) is 1. The Labute approximate surface area is 135 Å². The number of ether oxygens (including phenoxy) is 1. The van der Waals surface area contributed by atoms with Gasteiger partial charge in [-0.1, -0.05) is 12.1 Å². The number of amides is 1. The van der Waals surface area contributed by atoms with Crippen LogP contribution in [-0.2, 0) is 14.3 Å². The number of hydrogen-bond donors (Lipinski definition) is 1.